The van der Waals surface area contributed by atoms with Crippen LogP contribution in [0.4, 0.5) is 5.69 Å². The van der Waals surface area contributed by atoms with Gasteiger partial charge in [0.1, 0.15) is 13.2 Å². The predicted molar refractivity (Wildman–Crippen MR) is 119 cm³/mol. The Labute approximate surface area is 188 Å². The minimum Gasteiger partial charge on any atom is -0.486 e. The van der Waals surface area contributed by atoms with Gasteiger partial charge in [0, 0.05) is 34.5 Å². The van der Waals surface area contributed by atoms with Crippen LogP contribution >= 0.6 is 11.8 Å². The van der Waals surface area contributed by atoms with Crippen molar-refractivity contribution in [3.8, 4) is 11.5 Å². The lowest BCUT2D eigenvalue weighted by Gasteiger charge is -2.21. The standard InChI is InChI=1S/C24H18N2O5S/c1-26-23(28)16-8-7-14(11-17(16)24(26)29)22(27)25-18-12-19-20(31-10-9-30-19)13-21(18)32-15-5-3-2-4-6-15/h2-8,11-13H,9-10H2,1H3,(H,25,27). The topological polar surface area (TPSA) is 84.9 Å². The van der Waals surface area contributed by atoms with Crippen molar-refractivity contribution in [1.82, 2.24) is 4.90 Å². The van der Waals surface area contributed by atoms with Crippen molar-refractivity contribution in [2.75, 3.05) is 25.6 Å². The van der Waals surface area contributed by atoms with Gasteiger partial charge in [-0.15, -0.1) is 0 Å². The van der Waals surface area contributed by atoms with Gasteiger partial charge in [-0.1, -0.05) is 30.0 Å². The van der Waals surface area contributed by atoms with Gasteiger partial charge >= 0.3 is 0 Å². The third-order valence-electron chi connectivity index (χ3n) is 5.22. The van der Waals surface area contributed by atoms with E-state index in [2.05, 4.69) is 5.32 Å². The molecule has 0 atom stereocenters. The summed E-state index contributed by atoms with van der Waals surface area (Å²) in [4.78, 5) is 40.3. The first kappa shape index (κ1) is 20.1. The van der Waals surface area contributed by atoms with Gasteiger partial charge < -0.3 is 14.8 Å². The molecular formula is C24H18N2O5S. The van der Waals surface area contributed by atoms with E-state index in [1.807, 2.05) is 36.4 Å². The molecule has 0 saturated carbocycles. The Morgan fingerprint density at radius 1 is 0.906 bits per heavy atom. The molecule has 0 aliphatic carbocycles. The molecule has 2 heterocycles. The number of nitrogens with zero attached hydrogens (tertiary/aromatic N) is 1. The van der Waals surface area contributed by atoms with Gasteiger partial charge in [-0.05, 0) is 30.3 Å². The fourth-order valence-corrected chi connectivity index (χ4v) is 4.50. The fraction of sp³-hybridized carbons (Fsp3) is 0.125. The Hall–Kier alpha value is -3.78. The third kappa shape index (κ3) is 3.58. The molecule has 3 amide bonds. The fourth-order valence-electron chi connectivity index (χ4n) is 3.56. The van der Waals surface area contributed by atoms with Gasteiger partial charge in [0.25, 0.3) is 17.7 Å². The van der Waals surface area contributed by atoms with Crippen molar-refractivity contribution in [3.63, 3.8) is 0 Å². The number of rotatable bonds is 4. The molecule has 0 saturated heterocycles. The minimum atomic E-state index is -0.417. The summed E-state index contributed by atoms with van der Waals surface area (Å²) in [5.41, 5.74) is 1.37. The monoisotopic (exact) mass is 446 g/mol. The van der Waals surface area contributed by atoms with E-state index in [0.717, 1.165) is 14.7 Å². The number of imide groups is 1. The van der Waals surface area contributed by atoms with E-state index in [9.17, 15) is 14.4 Å². The van der Waals surface area contributed by atoms with Gasteiger partial charge in [-0.2, -0.15) is 0 Å². The Balaban J connectivity index is 1.47. The number of ether oxygens (including phenoxy) is 2. The zero-order chi connectivity index (χ0) is 22.2. The zero-order valence-corrected chi connectivity index (χ0v) is 17.9. The third-order valence-corrected chi connectivity index (χ3v) is 6.28. The number of benzene rings is 3. The SMILES string of the molecule is CN1C(=O)c2ccc(C(=O)Nc3cc4c(cc3Sc3ccccc3)OCCO4)cc2C1=O. The van der Waals surface area contributed by atoms with E-state index in [4.69, 9.17) is 9.47 Å². The first-order chi connectivity index (χ1) is 15.5. The van der Waals surface area contributed by atoms with Gasteiger partial charge in [-0.3, -0.25) is 19.3 Å². The molecular weight excluding hydrogens is 428 g/mol. The summed E-state index contributed by atoms with van der Waals surface area (Å²) in [6.45, 7) is 0.893. The number of anilines is 1. The van der Waals surface area contributed by atoms with Crippen molar-refractivity contribution in [1.29, 1.82) is 0 Å². The average molecular weight is 446 g/mol. The number of nitrogens with one attached hydrogen (secondary N) is 1. The van der Waals surface area contributed by atoms with Crippen LogP contribution in [0.5, 0.6) is 11.5 Å². The second-order valence-electron chi connectivity index (χ2n) is 7.29. The highest BCUT2D eigenvalue weighted by atomic mass is 32.2. The molecule has 3 aromatic rings. The molecule has 0 aromatic heterocycles. The Morgan fingerprint density at radius 3 is 2.34 bits per heavy atom. The van der Waals surface area contributed by atoms with Crippen LogP contribution in [0.1, 0.15) is 31.1 Å². The Morgan fingerprint density at radius 2 is 1.59 bits per heavy atom. The maximum Gasteiger partial charge on any atom is 0.261 e. The molecule has 3 aromatic carbocycles. The highest BCUT2D eigenvalue weighted by Crippen LogP contribution is 2.42. The number of hydrogen-bond donors (Lipinski definition) is 1. The highest BCUT2D eigenvalue weighted by Gasteiger charge is 2.33. The number of carbonyl (C=O) groups is 3. The molecule has 0 fully saturated rings. The van der Waals surface area contributed by atoms with Crippen LogP contribution in [0.15, 0.2) is 70.5 Å². The molecule has 0 radical (unpaired) electrons. The average Bonchev–Trinajstić information content (AvgIpc) is 3.03. The summed E-state index contributed by atoms with van der Waals surface area (Å²) >= 11 is 1.49. The van der Waals surface area contributed by atoms with Gasteiger partial charge in [0.2, 0.25) is 0 Å². The van der Waals surface area contributed by atoms with Crippen LogP contribution in [0.25, 0.3) is 0 Å². The van der Waals surface area contributed by atoms with Crippen molar-refractivity contribution in [2.24, 2.45) is 0 Å². The number of hydrogen-bond acceptors (Lipinski definition) is 6. The van der Waals surface area contributed by atoms with Crippen molar-refractivity contribution >= 4 is 35.2 Å². The van der Waals surface area contributed by atoms with Crippen molar-refractivity contribution in [2.45, 2.75) is 9.79 Å². The van der Waals surface area contributed by atoms with E-state index in [1.165, 1.54) is 30.9 Å². The Bertz CT molecular complexity index is 1260. The molecule has 0 unspecified atom stereocenters. The predicted octanol–water partition coefficient (Wildman–Crippen LogP) is 4.09. The van der Waals surface area contributed by atoms with Crippen molar-refractivity contribution in [3.05, 3.63) is 77.4 Å². The number of amides is 3. The molecule has 2 aliphatic rings. The summed E-state index contributed by atoms with van der Waals surface area (Å²) < 4.78 is 11.4. The second kappa shape index (κ2) is 8.05. The maximum absolute atomic E-state index is 13.1. The lowest BCUT2D eigenvalue weighted by atomic mass is 10.1. The lowest BCUT2D eigenvalue weighted by Crippen LogP contribution is -2.24. The van der Waals surface area contributed by atoms with Crippen LogP contribution in [0, 0.1) is 0 Å². The smallest absolute Gasteiger partial charge is 0.261 e. The van der Waals surface area contributed by atoms with Gasteiger partial charge in [0.05, 0.1) is 16.8 Å². The number of fused-ring (bicyclic) bond motifs is 2. The lowest BCUT2D eigenvalue weighted by molar-refractivity contribution is 0.0693. The summed E-state index contributed by atoms with van der Waals surface area (Å²) in [6, 6.07) is 17.9. The van der Waals surface area contributed by atoms with E-state index < -0.39 is 11.8 Å². The Kier molecular flexibility index (Phi) is 5.07. The molecule has 0 spiro atoms. The van der Waals surface area contributed by atoms with Crippen LogP contribution in [0.2, 0.25) is 0 Å². The number of carbonyl (C=O) groups excluding carboxylic acids is 3. The minimum absolute atomic E-state index is 0.228. The molecule has 2 aliphatic heterocycles. The first-order valence-electron chi connectivity index (χ1n) is 9.95. The summed E-state index contributed by atoms with van der Waals surface area (Å²) in [5, 5.41) is 2.92. The van der Waals surface area contributed by atoms with Crippen LogP contribution < -0.4 is 14.8 Å². The van der Waals surface area contributed by atoms with E-state index in [1.54, 1.807) is 12.1 Å². The highest BCUT2D eigenvalue weighted by molar-refractivity contribution is 7.99. The maximum atomic E-state index is 13.1. The molecule has 5 rings (SSSR count). The molecule has 0 bridgehead atoms. The molecule has 1 N–H and O–H groups in total. The summed E-state index contributed by atoms with van der Waals surface area (Å²) in [6.07, 6.45) is 0. The van der Waals surface area contributed by atoms with Crippen molar-refractivity contribution < 1.29 is 23.9 Å². The van der Waals surface area contributed by atoms with Gasteiger partial charge in [-0.25, -0.2) is 0 Å². The zero-order valence-electron chi connectivity index (χ0n) is 17.1. The van der Waals surface area contributed by atoms with Gasteiger partial charge in [0.15, 0.2) is 11.5 Å². The van der Waals surface area contributed by atoms with Crippen LogP contribution in [-0.4, -0.2) is 42.9 Å². The molecule has 7 nitrogen and oxygen atoms in total. The quantitative estimate of drug-likeness (QED) is 0.608. The molecule has 32 heavy (non-hydrogen) atoms. The van der Waals surface area contributed by atoms with Crippen LogP contribution in [0.3, 0.4) is 0 Å². The van der Waals surface area contributed by atoms with E-state index >= 15 is 0 Å². The normalized spacial score (nSPS) is 14.3. The van der Waals surface area contributed by atoms with Crippen LogP contribution in [-0.2, 0) is 0 Å². The summed E-state index contributed by atoms with van der Waals surface area (Å²) in [5.74, 6) is -0.00323. The second-order valence-corrected chi connectivity index (χ2v) is 8.41. The largest absolute Gasteiger partial charge is 0.486 e. The molecule has 8 heteroatoms. The summed E-state index contributed by atoms with van der Waals surface area (Å²) in [7, 11) is 1.42. The van der Waals surface area contributed by atoms with E-state index in [-0.39, 0.29) is 17.0 Å². The van der Waals surface area contributed by atoms with E-state index in [0.29, 0.717) is 36.0 Å². The first-order valence-corrected chi connectivity index (χ1v) is 10.8. The molecule has 160 valence electrons.